The molecule has 0 spiro atoms. The van der Waals surface area contributed by atoms with Gasteiger partial charge in [-0.2, -0.15) is 0 Å². The van der Waals surface area contributed by atoms with E-state index < -0.39 is 0 Å². The lowest BCUT2D eigenvalue weighted by atomic mass is 10.2. The molecule has 0 bridgehead atoms. The summed E-state index contributed by atoms with van der Waals surface area (Å²) in [6, 6.07) is 16.2. The number of rotatable bonds is 7. The molecule has 0 aliphatic rings. The van der Waals surface area contributed by atoms with E-state index in [1.54, 1.807) is 23.1 Å². The van der Waals surface area contributed by atoms with E-state index in [0.717, 1.165) is 43.2 Å². The Morgan fingerprint density at radius 2 is 1.83 bits per heavy atom. The Hall–Kier alpha value is -2.16. The first-order chi connectivity index (χ1) is 14.5. The van der Waals surface area contributed by atoms with Crippen molar-refractivity contribution in [1.29, 1.82) is 0 Å². The lowest BCUT2D eigenvalue weighted by molar-refractivity contribution is 0.211. The SMILES string of the molecule is Cc1ccc(-c2nc(CSc3nnc(C(C)Oc4ccc(Br)cc4)n3C)cs2)cc1. The molecule has 0 radical (unpaired) electrons. The van der Waals surface area contributed by atoms with Gasteiger partial charge >= 0.3 is 0 Å². The minimum atomic E-state index is -0.203. The highest BCUT2D eigenvalue weighted by Crippen LogP contribution is 2.29. The summed E-state index contributed by atoms with van der Waals surface area (Å²) in [5.41, 5.74) is 3.45. The maximum atomic E-state index is 6.01. The number of hydrogen-bond acceptors (Lipinski definition) is 6. The molecule has 0 saturated carbocycles. The van der Waals surface area contributed by atoms with Crippen molar-refractivity contribution in [3.63, 3.8) is 0 Å². The molecule has 4 aromatic rings. The topological polar surface area (TPSA) is 52.8 Å². The van der Waals surface area contributed by atoms with E-state index in [4.69, 9.17) is 9.72 Å². The fourth-order valence-corrected chi connectivity index (χ4v) is 4.92. The molecule has 2 aromatic carbocycles. The van der Waals surface area contributed by atoms with Crippen molar-refractivity contribution >= 4 is 39.0 Å². The minimum absolute atomic E-state index is 0.203. The molecule has 2 heterocycles. The highest BCUT2D eigenvalue weighted by atomic mass is 79.9. The Balaban J connectivity index is 1.39. The van der Waals surface area contributed by atoms with Gasteiger partial charge in [-0.1, -0.05) is 57.5 Å². The van der Waals surface area contributed by atoms with Crippen LogP contribution in [0.1, 0.15) is 30.1 Å². The van der Waals surface area contributed by atoms with Crippen LogP contribution in [0.3, 0.4) is 0 Å². The van der Waals surface area contributed by atoms with E-state index in [0.29, 0.717) is 0 Å². The molecule has 154 valence electrons. The molecule has 5 nitrogen and oxygen atoms in total. The van der Waals surface area contributed by atoms with Crippen LogP contribution in [0.2, 0.25) is 0 Å². The fraction of sp³-hybridized carbons (Fsp3) is 0.227. The largest absolute Gasteiger partial charge is 0.483 e. The molecule has 0 saturated heterocycles. The molecule has 30 heavy (non-hydrogen) atoms. The molecule has 0 aliphatic heterocycles. The van der Waals surface area contributed by atoms with E-state index in [1.807, 2.05) is 42.8 Å². The van der Waals surface area contributed by atoms with Crippen molar-refractivity contribution in [2.45, 2.75) is 30.9 Å². The Labute approximate surface area is 192 Å². The summed E-state index contributed by atoms with van der Waals surface area (Å²) in [4.78, 5) is 4.77. The van der Waals surface area contributed by atoms with Gasteiger partial charge in [-0.25, -0.2) is 4.98 Å². The van der Waals surface area contributed by atoms with Crippen LogP contribution in [-0.2, 0) is 12.8 Å². The third-order valence-electron chi connectivity index (χ3n) is 4.56. The van der Waals surface area contributed by atoms with E-state index in [9.17, 15) is 0 Å². The van der Waals surface area contributed by atoms with Gasteiger partial charge in [-0.05, 0) is 38.1 Å². The molecular weight excluding hydrogens is 480 g/mol. The van der Waals surface area contributed by atoms with Gasteiger partial charge < -0.3 is 9.30 Å². The summed E-state index contributed by atoms with van der Waals surface area (Å²) in [5, 5.41) is 12.7. The fourth-order valence-electron chi connectivity index (χ4n) is 2.92. The van der Waals surface area contributed by atoms with Gasteiger partial charge in [-0.3, -0.25) is 0 Å². The van der Waals surface area contributed by atoms with Crippen molar-refractivity contribution in [2.75, 3.05) is 0 Å². The quantitative estimate of drug-likeness (QED) is 0.273. The number of ether oxygens (including phenoxy) is 1. The highest BCUT2D eigenvalue weighted by molar-refractivity contribution is 9.10. The first kappa shape index (κ1) is 21.1. The molecular formula is C22H21BrN4OS2. The molecule has 1 unspecified atom stereocenters. The van der Waals surface area contributed by atoms with Crippen molar-refractivity contribution in [2.24, 2.45) is 7.05 Å². The summed E-state index contributed by atoms with van der Waals surface area (Å²) in [6.07, 6.45) is -0.203. The standard InChI is InChI=1S/C22H21BrN4OS2/c1-14-4-6-16(7-5-14)21-24-18(12-29-21)13-30-22-26-25-20(27(22)3)15(2)28-19-10-8-17(23)9-11-19/h4-12,15H,13H2,1-3H3. The summed E-state index contributed by atoms with van der Waals surface area (Å²) in [5.74, 6) is 2.34. The molecule has 8 heteroatoms. The number of benzene rings is 2. The minimum Gasteiger partial charge on any atom is -0.483 e. The highest BCUT2D eigenvalue weighted by Gasteiger charge is 2.18. The van der Waals surface area contributed by atoms with E-state index in [-0.39, 0.29) is 6.10 Å². The normalized spacial score (nSPS) is 12.1. The first-order valence-corrected chi connectivity index (χ1v) is 12.1. The first-order valence-electron chi connectivity index (χ1n) is 9.45. The van der Waals surface area contributed by atoms with E-state index in [1.165, 1.54) is 5.56 Å². The molecule has 2 aromatic heterocycles. The van der Waals surface area contributed by atoms with Crippen LogP contribution < -0.4 is 4.74 Å². The van der Waals surface area contributed by atoms with Gasteiger partial charge in [0.2, 0.25) is 0 Å². The summed E-state index contributed by atoms with van der Waals surface area (Å²) < 4.78 is 9.02. The number of thiazole rings is 1. The van der Waals surface area contributed by atoms with Crippen molar-refractivity contribution in [3.05, 3.63) is 75.5 Å². The van der Waals surface area contributed by atoms with E-state index in [2.05, 4.69) is 62.7 Å². The molecule has 1 atom stereocenters. The van der Waals surface area contributed by atoms with Crippen molar-refractivity contribution < 1.29 is 4.74 Å². The summed E-state index contributed by atoms with van der Waals surface area (Å²) in [6.45, 7) is 4.07. The maximum absolute atomic E-state index is 6.01. The van der Waals surface area contributed by atoms with Crippen LogP contribution in [0.25, 0.3) is 10.6 Å². The smallest absolute Gasteiger partial charge is 0.191 e. The second-order valence-corrected chi connectivity index (χ2v) is 9.63. The average molecular weight is 501 g/mol. The molecule has 0 aliphatic carbocycles. The Morgan fingerprint density at radius 3 is 2.57 bits per heavy atom. The third kappa shape index (κ3) is 4.94. The van der Waals surface area contributed by atoms with E-state index >= 15 is 0 Å². The zero-order chi connectivity index (χ0) is 21.1. The Kier molecular flexibility index (Phi) is 6.55. The zero-order valence-corrected chi connectivity index (χ0v) is 20.1. The zero-order valence-electron chi connectivity index (χ0n) is 16.9. The lowest BCUT2D eigenvalue weighted by Gasteiger charge is -2.14. The predicted octanol–water partition coefficient (Wildman–Crippen LogP) is 6.44. The average Bonchev–Trinajstić information content (AvgIpc) is 3.35. The van der Waals surface area contributed by atoms with Crippen LogP contribution in [0.15, 0.2) is 63.5 Å². The summed E-state index contributed by atoms with van der Waals surface area (Å²) in [7, 11) is 1.97. The lowest BCUT2D eigenvalue weighted by Crippen LogP contribution is -2.10. The van der Waals surface area contributed by atoms with Crippen LogP contribution in [0.5, 0.6) is 5.75 Å². The van der Waals surface area contributed by atoms with Gasteiger partial charge in [-0.15, -0.1) is 21.5 Å². The van der Waals surface area contributed by atoms with Crippen LogP contribution in [-0.4, -0.2) is 19.7 Å². The molecule has 0 amide bonds. The molecule has 4 rings (SSSR count). The van der Waals surface area contributed by atoms with Crippen molar-refractivity contribution in [1.82, 2.24) is 19.7 Å². The van der Waals surface area contributed by atoms with Crippen LogP contribution >= 0.6 is 39.0 Å². The van der Waals surface area contributed by atoms with Gasteiger partial charge in [0, 0.05) is 28.2 Å². The third-order valence-corrected chi connectivity index (χ3v) is 7.08. The second-order valence-electron chi connectivity index (χ2n) is 6.91. The number of aromatic nitrogens is 4. The number of thioether (sulfide) groups is 1. The van der Waals surface area contributed by atoms with Gasteiger partial charge in [0.05, 0.1) is 5.69 Å². The number of halogens is 1. The molecule has 0 N–H and O–H groups in total. The van der Waals surface area contributed by atoms with Crippen LogP contribution in [0, 0.1) is 6.92 Å². The number of hydrogen-bond donors (Lipinski definition) is 0. The number of aryl methyl sites for hydroxylation is 1. The van der Waals surface area contributed by atoms with Gasteiger partial charge in [0.1, 0.15) is 10.8 Å². The Bertz CT molecular complexity index is 1120. The number of nitrogens with zero attached hydrogens (tertiary/aromatic N) is 4. The monoisotopic (exact) mass is 500 g/mol. The molecule has 0 fully saturated rings. The van der Waals surface area contributed by atoms with Gasteiger partial charge in [0.25, 0.3) is 0 Å². The van der Waals surface area contributed by atoms with Gasteiger partial charge in [0.15, 0.2) is 17.1 Å². The second kappa shape index (κ2) is 9.32. The Morgan fingerprint density at radius 1 is 1.10 bits per heavy atom. The predicted molar refractivity (Wildman–Crippen MR) is 126 cm³/mol. The maximum Gasteiger partial charge on any atom is 0.191 e. The van der Waals surface area contributed by atoms with Crippen LogP contribution in [0.4, 0.5) is 0 Å². The van der Waals surface area contributed by atoms with Crippen molar-refractivity contribution in [3.8, 4) is 16.3 Å². The summed E-state index contributed by atoms with van der Waals surface area (Å²) >= 11 is 6.74.